The van der Waals surface area contributed by atoms with Crippen LogP contribution in [0.4, 0.5) is 0 Å². The van der Waals surface area contributed by atoms with Crippen LogP contribution in [0.2, 0.25) is 5.02 Å². The number of benzene rings is 2. The number of aromatic hydroxyl groups is 1. The minimum absolute atomic E-state index is 0.106. The standard InChI is InChI=1S/C23H24ClNO4/c1-5-13(3)20(23(28)29)21-14(4)25(18-11-17(24)19(26)10-16(18)21)22(27)15-8-6-12(2)7-9-15/h6-11,13,20,26H,5H2,1-4H3,(H,28,29)/t13?,20-/m1/s1. The molecule has 2 N–H and O–H groups in total. The van der Waals surface area contributed by atoms with Crippen molar-refractivity contribution in [1.82, 2.24) is 4.57 Å². The van der Waals surface area contributed by atoms with E-state index < -0.39 is 11.9 Å². The van der Waals surface area contributed by atoms with Crippen LogP contribution in [0.25, 0.3) is 10.9 Å². The number of carbonyl (C=O) groups is 2. The summed E-state index contributed by atoms with van der Waals surface area (Å²) in [5, 5.41) is 20.8. The van der Waals surface area contributed by atoms with Gasteiger partial charge in [0.05, 0.1) is 16.5 Å². The summed E-state index contributed by atoms with van der Waals surface area (Å²) in [5.74, 6) is -2.34. The van der Waals surface area contributed by atoms with E-state index in [0.29, 0.717) is 34.1 Å². The summed E-state index contributed by atoms with van der Waals surface area (Å²) in [6.07, 6.45) is 0.661. The summed E-state index contributed by atoms with van der Waals surface area (Å²) in [5.41, 5.74) is 3.09. The first-order valence-electron chi connectivity index (χ1n) is 9.54. The normalized spacial score (nSPS) is 13.4. The summed E-state index contributed by atoms with van der Waals surface area (Å²) in [6.45, 7) is 7.49. The minimum atomic E-state index is -0.960. The molecule has 0 aliphatic carbocycles. The quantitative estimate of drug-likeness (QED) is 0.577. The number of aliphatic carboxylic acids is 1. The van der Waals surface area contributed by atoms with Gasteiger partial charge in [0.15, 0.2) is 0 Å². The summed E-state index contributed by atoms with van der Waals surface area (Å²) < 4.78 is 1.50. The van der Waals surface area contributed by atoms with E-state index in [-0.39, 0.29) is 22.6 Å². The second-order valence-electron chi connectivity index (χ2n) is 7.53. The molecular weight excluding hydrogens is 390 g/mol. The zero-order chi connectivity index (χ0) is 21.5. The highest BCUT2D eigenvalue weighted by Gasteiger charge is 2.33. The number of carbonyl (C=O) groups excluding carboxylic acids is 1. The van der Waals surface area contributed by atoms with Crippen LogP contribution >= 0.6 is 11.6 Å². The van der Waals surface area contributed by atoms with Crippen molar-refractivity contribution in [1.29, 1.82) is 0 Å². The van der Waals surface area contributed by atoms with Gasteiger partial charge in [-0.1, -0.05) is 49.6 Å². The molecule has 0 aliphatic rings. The summed E-state index contributed by atoms with van der Waals surface area (Å²) in [6, 6.07) is 10.2. The number of rotatable bonds is 5. The number of halogens is 1. The van der Waals surface area contributed by atoms with Gasteiger partial charge in [0.2, 0.25) is 0 Å². The monoisotopic (exact) mass is 413 g/mol. The van der Waals surface area contributed by atoms with E-state index in [2.05, 4.69) is 0 Å². The number of fused-ring (bicyclic) bond motifs is 1. The molecule has 1 heterocycles. The number of hydrogen-bond donors (Lipinski definition) is 2. The number of carboxylic acids is 1. The van der Waals surface area contributed by atoms with Gasteiger partial charge in [0.25, 0.3) is 5.91 Å². The van der Waals surface area contributed by atoms with Crippen LogP contribution in [0.5, 0.6) is 5.75 Å². The highest BCUT2D eigenvalue weighted by Crippen LogP contribution is 2.40. The van der Waals surface area contributed by atoms with E-state index in [0.717, 1.165) is 5.56 Å². The smallest absolute Gasteiger partial charge is 0.311 e. The largest absolute Gasteiger partial charge is 0.506 e. The second-order valence-corrected chi connectivity index (χ2v) is 7.94. The SMILES string of the molecule is CCC(C)[C@@H](C(=O)O)c1c(C)n(C(=O)c2ccc(C)cc2)c2cc(Cl)c(O)cc12. The Morgan fingerprint density at radius 2 is 1.76 bits per heavy atom. The van der Waals surface area contributed by atoms with Gasteiger partial charge in [-0.15, -0.1) is 0 Å². The summed E-state index contributed by atoms with van der Waals surface area (Å²) in [4.78, 5) is 25.5. The molecule has 0 fully saturated rings. The van der Waals surface area contributed by atoms with Gasteiger partial charge in [-0.25, -0.2) is 0 Å². The number of aryl methyl sites for hydroxylation is 1. The third kappa shape index (κ3) is 3.62. The number of phenols is 1. The van der Waals surface area contributed by atoms with Gasteiger partial charge in [-0.3, -0.25) is 14.2 Å². The minimum Gasteiger partial charge on any atom is -0.506 e. The zero-order valence-electron chi connectivity index (χ0n) is 16.9. The molecule has 5 nitrogen and oxygen atoms in total. The first-order valence-corrected chi connectivity index (χ1v) is 9.92. The highest BCUT2D eigenvalue weighted by molar-refractivity contribution is 6.33. The van der Waals surface area contributed by atoms with E-state index >= 15 is 0 Å². The van der Waals surface area contributed by atoms with E-state index in [9.17, 15) is 19.8 Å². The molecule has 0 spiro atoms. The van der Waals surface area contributed by atoms with Crippen molar-refractivity contribution < 1.29 is 19.8 Å². The van der Waals surface area contributed by atoms with Crippen molar-refractivity contribution in [3.63, 3.8) is 0 Å². The van der Waals surface area contributed by atoms with Gasteiger partial charge >= 0.3 is 5.97 Å². The van der Waals surface area contributed by atoms with Crippen molar-refractivity contribution in [2.45, 2.75) is 40.0 Å². The molecule has 0 aliphatic heterocycles. The average molecular weight is 414 g/mol. The first-order chi connectivity index (χ1) is 13.7. The lowest BCUT2D eigenvalue weighted by Crippen LogP contribution is -2.21. The molecule has 1 unspecified atom stereocenters. The average Bonchev–Trinajstić information content (AvgIpc) is 2.93. The fraction of sp³-hybridized carbons (Fsp3) is 0.304. The second kappa shape index (κ2) is 7.91. The Morgan fingerprint density at radius 1 is 1.14 bits per heavy atom. The van der Waals surface area contributed by atoms with Crippen molar-refractivity contribution in [2.75, 3.05) is 0 Å². The van der Waals surface area contributed by atoms with Gasteiger partial charge in [-0.2, -0.15) is 0 Å². The third-order valence-electron chi connectivity index (χ3n) is 5.61. The Bertz CT molecular complexity index is 1100. The maximum atomic E-state index is 13.3. The van der Waals surface area contributed by atoms with E-state index in [1.54, 1.807) is 19.1 Å². The van der Waals surface area contributed by atoms with Crippen LogP contribution in [0, 0.1) is 19.8 Å². The van der Waals surface area contributed by atoms with Crippen LogP contribution in [0.1, 0.15) is 53.4 Å². The molecule has 1 aromatic heterocycles. The van der Waals surface area contributed by atoms with Gasteiger partial charge < -0.3 is 10.2 Å². The topological polar surface area (TPSA) is 79.5 Å². The van der Waals surface area contributed by atoms with Crippen LogP contribution < -0.4 is 0 Å². The van der Waals surface area contributed by atoms with E-state index in [4.69, 9.17) is 11.6 Å². The molecule has 0 radical (unpaired) electrons. The fourth-order valence-corrected chi connectivity index (χ4v) is 3.97. The van der Waals surface area contributed by atoms with E-state index in [1.165, 1.54) is 16.7 Å². The Labute approximate surface area is 174 Å². The van der Waals surface area contributed by atoms with Crippen LogP contribution in [0.3, 0.4) is 0 Å². The lowest BCUT2D eigenvalue weighted by Gasteiger charge is -2.20. The molecular formula is C23H24ClNO4. The van der Waals surface area contributed by atoms with Crippen LogP contribution in [-0.4, -0.2) is 26.7 Å². The number of carboxylic acid groups (broad SMARTS) is 1. The number of aromatic nitrogens is 1. The molecule has 152 valence electrons. The summed E-state index contributed by atoms with van der Waals surface area (Å²) >= 11 is 6.13. The van der Waals surface area contributed by atoms with Crippen molar-refractivity contribution in [3.05, 3.63) is 63.8 Å². The molecule has 0 saturated carbocycles. The molecule has 0 amide bonds. The Kier molecular flexibility index (Phi) is 5.71. The fourth-order valence-electron chi connectivity index (χ4n) is 3.81. The van der Waals surface area contributed by atoms with Gasteiger partial charge in [0, 0.05) is 16.6 Å². The summed E-state index contributed by atoms with van der Waals surface area (Å²) in [7, 11) is 0. The zero-order valence-corrected chi connectivity index (χ0v) is 17.6. The number of hydrogen-bond acceptors (Lipinski definition) is 3. The Hall–Kier alpha value is -2.79. The molecule has 3 rings (SSSR count). The lowest BCUT2D eigenvalue weighted by atomic mass is 9.84. The van der Waals surface area contributed by atoms with Crippen LogP contribution in [0.15, 0.2) is 36.4 Å². The maximum Gasteiger partial charge on any atom is 0.311 e. The molecule has 0 saturated heterocycles. The van der Waals surface area contributed by atoms with Crippen LogP contribution in [-0.2, 0) is 4.79 Å². The Balaban J connectivity index is 2.35. The highest BCUT2D eigenvalue weighted by atomic mass is 35.5. The molecule has 3 aromatic rings. The lowest BCUT2D eigenvalue weighted by molar-refractivity contribution is -0.140. The Morgan fingerprint density at radius 3 is 2.31 bits per heavy atom. The predicted molar refractivity (Wildman–Crippen MR) is 114 cm³/mol. The first kappa shape index (κ1) is 20.9. The third-order valence-corrected chi connectivity index (χ3v) is 5.92. The van der Waals surface area contributed by atoms with Gasteiger partial charge in [-0.05, 0) is 49.6 Å². The van der Waals surface area contributed by atoms with Crippen molar-refractivity contribution >= 4 is 34.4 Å². The van der Waals surface area contributed by atoms with Gasteiger partial charge in [0.1, 0.15) is 5.75 Å². The molecule has 29 heavy (non-hydrogen) atoms. The number of nitrogens with zero attached hydrogens (tertiary/aromatic N) is 1. The maximum absolute atomic E-state index is 13.3. The molecule has 0 bridgehead atoms. The molecule has 2 aromatic carbocycles. The molecule has 2 atom stereocenters. The van der Waals surface area contributed by atoms with E-state index in [1.807, 2.05) is 32.9 Å². The number of phenolic OH excluding ortho intramolecular Hbond substituents is 1. The van der Waals surface area contributed by atoms with Crippen molar-refractivity contribution in [3.8, 4) is 5.75 Å². The predicted octanol–water partition coefficient (Wildman–Crippen LogP) is 5.52. The molecule has 6 heteroatoms. The van der Waals surface area contributed by atoms with Crippen molar-refractivity contribution in [2.24, 2.45) is 5.92 Å².